The first kappa shape index (κ1) is 20.5. The summed E-state index contributed by atoms with van der Waals surface area (Å²) in [5.74, 6) is -0.867. The highest BCUT2D eigenvalue weighted by atomic mass is 16.3. The van der Waals surface area contributed by atoms with Crippen LogP contribution in [0.3, 0.4) is 0 Å². The Morgan fingerprint density at radius 1 is 0.486 bits per heavy atom. The molecule has 35 heavy (non-hydrogen) atoms. The summed E-state index contributed by atoms with van der Waals surface area (Å²) >= 11 is 0. The number of phenols is 4. The van der Waals surface area contributed by atoms with E-state index in [0.29, 0.717) is 33.2 Å². The number of aromatic nitrogens is 6. The zero-order chi connectivity index (χ0) is 24.1. The van der Waals surface area contributed by atoms with Gasteiger partial charge in [-0.15, -0.1) is 30.0 Å². The van der Waals surface area contributed by atoms with Gasteiger partial charge < -0.3 is 20.4 Å². The SMILES string of the molecule is Oc1ccc(Cc2ccc(O)c(-n3nc4ccccc4n3)c2O)c(O)c1-n1nc2ccccc2n1. The van der Waals surface area contributed by atoms with Gasteiger partial charge in [-0.3, -0.25) is 0 Å². The number of phenolic OH excluding ortho intramolecular Hbond substituents is 4. The molecule has 0 bridgehead atoms. The van der Waals surface area contributed by atoms with Gasteiger partial charge in [0.25, 0.3) is 0 Å². The van der Waals surface area contributed by atoms with E-state index < -0.39 is 0 Å². The van der Waals surface area contributed by atoms with Crippen LogP contribution >= 0.6 is 0 Å². The van der Waals surface area contributed by atoms with Gasteiger partial charge in [0.05, 0.1) is 0 Å². The molecule has 4 aromatic carbocycles. The van der Waals surface area contributed by atoms with Crippen molar-refractivity contribution in [3.8, 4) is 34.4 Å². The Labute approximate surface area is 197 Å². The third kappa shape index (κ3) is 3.35. The molecule has 4 N–H and O–H groups in total. The van der Waals surface area contributed by atoms with Gasteiger partial charge in [-0.1, -0.05) is 36.4 Å². The van der Waals surface area contributed by atoms with Crippen molar-refractivity contribution in [3.05, 3.63) is 83.9 Å². The molecule has 0 atom stereocenters. The lowest BCUT2D eigenvalue weighted by Crippen LogP contribution is -2.03. The minimum atomic E-state index is -0.234. The molecule has 0 unspecified atom stereocenters. The summed E-state index contributed by atoms with van der Waals surface area (Å²) in [5.41, 5.74) is 3.30. The Morgan fingerprint density at radius 3 is 1.17 bits per heavy atom. The monoisotopic (exact) mass is 466 g/mol. The van der Waals surface area contributed by atoms with Gasteiger partial charge in [0, 0.05) is 17.5 Å². The fourth-order valence-electron chi connectivity index (χ4n) is 4.03. The molecule has 6 rings (SSSR count). The molecule has 0 spiro atoms. The number of hydrogen-bond acceptors (Lipinski definition) is 8. The lowest BCUT2D eigenvalue weighted by atomic mass is 10.0. The molecule has 2 heterocycles. The normalized spacial score (nSPS) is 11.4. The van der Waals surface area contributed by atoms with Crippen molar-refractivity contribution >= 4 is 22.1 Å². The van der Waals surface area contributed by atoms with Crippen LogP contribution in [-0.4, -0.2) is 50.4 Å². The predicted molar refractivity (Wildman–Crippen MR) is 127 cm³/mol. The smallest absolute Gasteiger partial charge is 0.169 e. The van der Waals surface area contributed by atoms with E-state index in [1.54, 1.807) is 36.4 Å². The minimum absolute atomic E-state index is 0.0252. The fraction of sp³-hybridized carbons (Fsp3) is 0.0400. The first-order chi connectivity index (χ1) is 17.0. The van der Waals surface area contributed by atoms with Gasteiger partial charge in [-0.25, -0.2) is 0 Å². The van der Waals surface area contributed by atoms with E-state index in [4.69, 9.17) is 0 Å². The molecule has 0 saturated heterocycles. The molecule has 10 nitrogen and oxygen atoms in total. The molecule has 0 saturated carbocycles. The summed E-state index contributed by atoms with van der Waals surface area (Å²) in [7, 11) is 0. The quantitative estimate of drug-likeness (QED) is 0.309. The van der Waals surface area contributed by atoms with Crippen LogP contribution in [-0.2, 0) is 6.42 Å². The van der Waals surface area contributed by atoms with Crippen molar-refractivity contribution in [2.24, 2.45) is 0 Å². The Hall–Kier alpha value is -5.12. The highest BCUT2D eigenvalue weighted by Crippen LogP contribution is 2.39. The summed E-state index contributed by atoms with van der Waals surface area (Å²) < 4.78 is 0. The van der Waals surface area contributed by atoms with Crippen molar-refractivity contribution in [1.82, 2.24) is 30.0 Å². The van der Waals surface area contributed by atoms with Crippen LogP contribution < -0.4 is 0 Å². The molecule has 0 aliphatic carbocycles. The maximum absolute atomic E-state index is 11.0. The largest absolute Gasteiger partial charge is 0.505 e. The van der Waals surface area contributed by atoms with Gasteiger partial charge in [0.1, 0.15) is 45.1 Å². The van der Waals surface area contributed by atoms with Gasteiger partial charge in [0.2, 0.25) is 0 Å². The average molecular weight is 466 g/mol. The summed E-state index contributed by atoms with van der Waals surface area (Å²) in [6.45, 7) is 0. The zero-order valence-electron chi connectivity index (χ0n) is 18.1. The molecule has 0 aliphatic rings. The van der Waals surface area contributed by atoms with Crippen LogP contribution in [0.5, 0.6) is 23.0 Å². The van der Waals surface area contributed by atoms with E-state index in [2.05, 4.69) is 20.4 Å². The number of hydrogen-bond donors (Lipinski definition) is 4. The molecule has 0 aliphatic heterocycles. The van der Waals surface area contributed by atoms with E-state index in [1.165, 1.54) is 21.7 Å². The van der Waals surface area contributed by atoms with Crippen LogP contribution in [0.1, 0.15) is 11.1 Å². The maximum Gasteiger partial charge on any atom is 0.169 e. The summed E-state index contributed by atoms with van der Waals surface area (Å²) in [5, 5.41) is 60.3. The predicted octanol–water partition coefficient (Wildman–Crippen LogP) is 3.57. The topological polar surface area (TPSA) is 142 Å². The van der Waals surface area contributed by atoms with Crippen LogP contribution in [0.25, 0.3) is 33.4 Å². The molecule has 10 heteroatoms. The van der Waals surface area contributed by atoms with Gasteiger partial charge >= 0.3 is 0 Å². The molecule has 6 aromatic rings. The molecular formula is C25H18N6O4. The number of nitrogens with zero attached hydrogens (tertiary/aromatic N) is 6. The second kappa shape index (κ2) is 7.73. The second-order valence-corrected chi connectivity index (χ2v) is 8.02. The second-order valence-electron chi connectivity index (χ2n) is 8.02. The first-order valence-corrected chi connectivity index (χ1v) is 10.7. The van der Waals surface area contributed by atoms with Gasteiger partial charge in [-0.2, -0.15) is 0 Å². The standard InChI is InChI=1S/C25H18N6O4/c32-20-11-9-14(24(34)22(20)30-26-16-5-1-2-6-17(16)27-30)13-15-10-12-21(33)23(25(15)35)31-28-18-7-3-4-8-19(18)29-31/h1-12,32-35H,13H2. The Balaban J connectivity index is 1.42. The van der Waals surface area contributed by atoms with E-state index in [9.17, 15) is 20.4 Å². The summed E-state index contributed by atoms with van der Waals surface area (Å²) in [6, 6.07) is 20.3. The van der Waals surface area contributed by atoms with Crippen molar-refractivity contribution < 1.29 is 20.4 Å². The van der Waals surface area contributed by atoms with Crippen molar-refractivity contribution in [3.63, 3.8) is 0 Å². The van der Waals surface area contributed by atoms with Crippen LogP contribution in [0.4, 0.5) is 0 Å². The maximum atomic E-state index is 11.0. The van der Waals surface area contributed by atoms with E-state index >= 15 is 0 Å². The van der Waals surface area contributed by atoms with Crippen LogP contribution in [0, 0.1) is 0 Å². The van der Waals surface area contributed by atoms with Crippen molar-refractivity contribution in [2.45, 2.75) is 6.42 Å². The number of aromatic hydroxyl groups is 4. The highest BCUT2D eigenvalue weighted by Gasteiger charge is 2.21. The highest BCUT2D eigenvalue weighted by molar-refractivity contribution is 5.75. The Kier molecular flexibility index (Phi) is 4.53. The Morgan fingerprint density at radius 2 is 0.829 bits per heavy atom. The molecule has 0 amide bonds. The number of rotatable bonds is 4. The van der Waals surface area contributed by atoms with Gasteiger partial charge in [-0.05, 0) is 36.4 Å². The number of benzene rings is 4. The lowest BCUT2D eigenvalue weighted by molar-refractivity contribution is 0.431. The van der Waals surface area contributed by atoms with E-state index in [1.807, 2.05) is 24.3 Å². The molecular weight excluding hydrogens is 448 g/mol. The lowest BCUT2D eigenvalue weighted by Gasteiger charge is -2.14. The fourth-order valence-corrected chi connectivity index (χ4v) is 4.03. The zero-order valence-corrected chi connectivity index (χ0v) is 18.1. The van der Waals surface area contributed by atoms with E-state index in [0.717, 1.165) is 0 Å². The van der Waals surface area contributed by atoms with Crippen LogP contribution in [0.2, 0.25) is 0 Å². The first-order valence-electron chi connectivity index (χ1n) is 10.7. The summed E-state index contributed by atoms with van der Waals surface area (Å²) in [4.78, 5) is 2.36. The van der Waals surface area contributed by atoms with Crippen molar-refractivity contribution in [2.75, 3.05) is 0 Å². The third-order valence-corrected chi connectivity index (χ3v) is 5.78. The number of fused-ring (bicyclic) bond motifs is 2. The average Bonchev–Trinajstić information content (AvgIpc) is 3.46. The third-order valence-electron chi connectivity index (χ3n) is 5.78. The van der Waals surface area contributed by atoms with Gasteiger partial charge in [0.15, 0.2) is 11.4 Å². The Bertz CT molecular complexity index is 1550. The van der Waals surface area contributed by atoms with Crippen LogP contribution in [0.15, 0.2) is 72.8 Å². The molecule has 172 valence electrons. The summed E-state index contributed by atoms with van der Waals surface area (Å²) in [6.07, 6.45) is 0.0831. The molecule has 2 aromatic heterocycles. The van der Waals surface area contributed by atoms with Crippen molar-refractivity contribution in [1.29, 1.82) is 0 Å². The minimum Gasteiger partial charge on any atom is -0.505 e. The molecule has 0 radical (unpaired) electrons. The van der Waals surface area contributed by atoms with E-state index in [-0.39, 0.29) is 40.8 Å². The molecule has 0 fully saturated rings.